The number of fused-ring (bicyclic) bond motifs is 3. The van der Waals surface area contributed by atoms with Crippen molar-refractivity contribution in [1.29, 1.82) is 0 Å². The maximum Gasteiger partial charge on any atom is 0.271 e. The van der Waals surface area contributed by atoms with Crippen LogP contribution in [-0.4, -0.2) is 14.5 Å². The van der Waals surface area contributed by atoms with Crippen molar-refractivity contribution >= 4 is 43.4 Å². The quantitative estimate of drug-likeness (QED) is 0.538. The highest BCUT2D eigenvalue weighted by atomic mass is 35.5. The maximum atomic E-state index is 12.8. The molecule has 0 amide bonds. The van der Waals surface area contributed by atoms with E-state index in [1.165, 1.54) is 11.3 Å². The summed E-state index contributed by atoms with van der Waals surface area (Å²) in [4.78, 5) is 22.8. The summed E-state index contributed by atoms with van der Waals surface area (Å²) in [5.74, 6) is 0. The van der Waals surface area contributed by atoms with Crippen LogP contribution in [0.3, 0.4) is 0 Å². The first-order chi connectivity index (χ1) is 11.5. The number of pyridine rings is 1. The third kappa shape index (κ3) is 2.41. The van der Waals surface area contributed by atoms with Crippen molar-refractivity contribution < 1.29 is 0 Å². The lowest BCUT2D eigenvalue weighted by atomic mass is 10.2. The summed E-state index contributed by atoms with van der Waals surface area (Å²) in [7, 11) is 0. The third-order valence-electron chi connectivity index (χ3n) is 4.18. The van der Waals surface area contributed by atoms with Crippen molar-refractivity contribution in [3.63, 3.8) is 0 Å². The molecule has 0 bridgehead atoms. The van der Waals surface area contributed by atoms with E-state index in [-0.39, 0.29) is 5.56 Å². The van der Waals surface area contributed by atoms with E-state index in [1.807, 2.05) is 38.1 Å². The molecule has 0 radical (unpaired) electrons. The number of aromatic nitrogens is 3. The number of aryl methyl sites for hydroxylation is 2. The fourth-order valence-electron chi connectivity index (χ4n) is 2.70. The van der Waals surface area contributed by atoms with Crippen molar-refractivity contribution in [3.8, 4) is 0 Å². The van der Waals surface area contributed by atoms with Crippen LogP contribution in [0.25, 0.3) is 20.4 Å². The fourth-order valence-corrected chi connectivity index (χ4v) is 4.01. The highest BCUT2D eigenvalue weighted by molar-refractivity contribution is 7.25. The average molecular weight is 356 g/mol. The minimum absolute atomic E-state index is 0.0572. The molecule has 120 valence electrons. The Morgan fingerprint density at radius 1 is 1.25 bits per heavy atom. The van der Waals surface area contributed by atoms with Crippen LogP contribution in [0, 0.1) is 13.8 Å². The molecule has 1 aromatic carbocycles. The highest BCUT2D eigenvalue weighted by Crippen LogP contribution is 2.30. The number of rotatable bonds is 2. The van der Waals surface area contributed by atoms with Crippen LogP contribution >= 0.6 is 22.9 Å². The second-order valence-corrected chi connectivity index (χ2v) is 7.20. The molecule has 3 aromatic heterocycles. The first-order valence-corrected chi connectivity index (χ1v) is 8.73. The summed E-state index contributed by atoms with van der Waals surface area (Å²) in [6.45, 7) is 4.40. The molecule has 0 saturated carbocycles. The van der Waals surface area contributed by atoms with Crippen molar-refractivity contribution in [2.75, 3.05) is 0 Å². The zero-order valence-electron chi connectivity index (χ0n) is 13.2. The van der Waals surface area contributed by atoms with Gasteiger partial charge in [0.05, 0.1) is 18.4 Å². The first-order valence-electron chi connectivity index (χ1n) is 7.54. The Morgan fingerprint density at radius 3 is 2.83 bits per heavy atom. The van der Waals surface area contributed by atoms with Gasteiger partial charge in [-0.05, 0) is 37.1 Å². The SMILES string of the molecule is Cc1cc2c(nc1C)sc1c(=O)n(Cc3ccccc3Cl)cnc12. The van der Waals surface area contributed by atoms with E-state index in [0.717, 1.165) is 32.6 Å². The highest BCUT2D eigenvalue weighted by Gasteiger charge is 2.14. The standard InChI is InChI=1S/C18H14ClN3OS/c1-10-7-13-15-16(24-17(13)21-11(10)2)18(23)22(9-20-15)8-12-5-3-4-6-14(12)19/h3-7,9H,8H2,1-2H3. The van der Waals surface area contributed by atoms with Gasteiger partial charge in [-0.2, -0.15) is 0 Å². The number of benzene rings is 1. The number of hydrogen-bond donors (Lipinski definition) is 0. The first kappa shape index (κ1) is 15.3. The number of hydrogen-bond acceptors (Lipinski definition) is 4. The molecular formula is C18H14ClN3OS. The van der Waals surface area contributed by atoms with E-state index in [2.05, 4.69) is 16.0 Å². The summed E-state index contributed by atoms with van der Waals surface area (Å²) in [5, 5.41) is 1.59. The summed E-state index contributed by atoms with van der Waals surface area (Å²) in [5.41, 5.74) is 3.65. The lowest BCUT2D eigenvalue weighted by molar-refractivity contribution is 0.750. The molecule has 4 rings (SSSR count). The molecule has 0 unspecified atom stereocenters. The molecular weight excluding hydrogens is 342 g/mol. The zero-order valence-corrected chi connectivity index (χ0v) is 14.8. The fraction of sp³-hybridized carbons (Fsp3) is 0.167. The van der Waals surface area contributed by atoms with Gasteiger partial charge in [-0.15, -0.1) is 11.3 Å². The van der Waals surface area contributed by atoms with E-state index >= 15 is 0 Å². The van der Waals surface area contributed by atoms with Crippen LogP contribution in [0.4, 0.5) is 0 Å². The Labute approximate surface area is 147 Å². The second-order valence-electron chi connectivity index (χ2n) is 5.79. The van der Waals surface area contributed by atoms with Gasteiger partial charge in [0.25, 0.3) is 5.56 Å². The van der Waals surface area contributed by atoms with Crippen molar-refractivity contribution in [3.05, 3.63) is 68.9 Å². The molecule has 0 spiro atoms. The summed E-state index contributed by atoms with van der Waals surface area (Å²) in [6.07, 6.45) is 1.59. The minimum atomic E-state index is -0.0572. The van der Waals surface area contributed by atoms with E-state index in [9.17, 15) is 4.79 Å². The molecule has 4 nitrogen and oxygen atoms in total. The molecule has 6 heteroatoms. The van der Waals surface area contributed by atoms with Gasteiger partial charge in [0.2, 0.25) is 0 Å². The van der Waals surface area contributed by atoms with Gasteiger partial charge >= 0.3 is 0 Å². The normalized spacial score (nSPS) is 11.5. The molecule has 24 heavy (non-hydrogen) atoms. The second kappa shape index (κ2) is 5.69. The van der Waals surface area contributed by atoms with Crippen LogP contribution in [0.5, 0.6) is 0 Å². The Bertz CT molecular complexity index is 1150. The Balaban J connectivity index is 1.91. The van der Waals surface area contributed by atoms with E-state index in [4.69, 9.17) is 11.6 Å². The molecule has 0 aliphatic rings. The molecule has 0 N–H and O–H groups in total. The van der Waals surface area contributed by atoms with Crippen molar-refractivity contribution in [2.45, 2.75) is 20.4 Å². The van der Waals surface area contributed by atoms with Gasteiger partial charge in [0.15, 0.2) is 0 Å². The van der Waals surface area contributed by atoms with Crippen molar-refractivity contribution in [2.24, 2.45) is 0 Å². The number of nitrogens with zero attached hydrogens (tertiary/aromatic N) is 3. The van der Waals surface area contributed by atoms with Crippen LogP contribution in [0.1, 0.15) is 16.8 Å². The number of thiophene rings is 1. The van der Waals surface area contributed by atoms with E-state index < -0.39 is 0 Å². The largest absolute Gasteiger partial charge is 0.293 e. The zero-order chi connectivity index (χ0) is 16.8. The molecule has 0 aliphatic carbocycles. The van der Waals surface area contributed by atoms with Gasteiger partial charge in [-0.3, -0.25) is 9.36 Å². The van der Waals surface area contributed by atoms with Gasteiger partial charge in [-0.25, -0.2) is 9.97 Å². The summed E-state index contributed by atoms with van der Waals surface area (Å²) in [6, 6.07) is 9.58. The number of halogens is 1. The van der Waals surface area contributed by atoms with Crippen molar-refractivity contribution in [1.82, 2.24) is 14.5 Å². The lowest BCUT2D eigenvalue weighted by Crippen LogP contribution is -2.20. The molecule has 0 aliphatic heterocycles. The van der Waals surface area contributed by atoms with Crippen LogP contribution in [-0.2, 0) is 6.54 Å². The lowest BCUT2D eigenvalue weighted by Gasteiger charge is -2.06. The van der Waals surface area contributed by atoms with Crippen LogP contribution in [0.2, 0.25) is 5.02 Å². The molecule has 4 aromatic rings. The topological polar surface area (TPSA) is 47.8 Å². The molecule has 0 fully saturated rings. The third-order valence-corrected chi connectivity index (χ3v) is 5.63. The summed E-state index contributed by atoms with van der Waals surface area (Å²) < 4.78 is 2.23. The van der Waals surface area contributed by atoms with Gasteiger partial charge in [0.1, 0.15) is 9.53 Å². The van der Waals surface area contributed by atoms with Gasteiger partial charge in [-0.1, -0.05) is 29.8 Å². The van der Waals surface area contributed by atoms with E-state index in [0.29, 0.717) is 16.3 Å². The predicted octanol–water partition coefficient (Wildman–Crippen LogP) is 4.32. The summed E-state index contributed by atoms with van der Waals surface area (Å²) >= 11 is 7.60. The monoisotopic (exact) mass is 355 g/mol. The van der Waals surface area contributed by atoms with Gasteiger partial charge in [0, 0.05) is 16.1 Å². The smallest absolute Gasteiger partial charge is 0.271 e. The minimum Gasteiger partial charge on any atom is -0.293 e. The van der Waals surface area contributed by atoms with Gasteiger partial charge < -0.3 is 0 Å². The predicted molar refractivity (Wildman–Crippen MR) is 99.2 cm³/mol. The van der Waals surface area contributed by atoms with Crippen LogP contribution < -0.4 is 5.56 Å². The Hall–Kier alpha value is -2.24. The molecule has 0 saturated heterocycles. The Morgan fingerprint density at radius 2 is 2.04 bits per heavy atom. The average Bonchev–Trinajstić information content (AvgIpc) is 2.91. The van der Waals surface area contributed by atoms with E-state index in [1.54, 1.807) is 10.9 Å². The van der Waals surface area contributed by atoms with Crippen LogP contribution in [0.15, 0.2) is 41.5 Å². The Kier molecular flexibility index (Phi) is 3.62. The molecule has 3 heterocycles. The molecule has 0 atom stereocenters. The maximum absolute atomic E-state index is 12.8.